The Bertz CT molecular complexity index is 1220. The number of aromatic nitrogens is 3. The molecule has 3 heterocycles. The molecule has 0 radical (unpaired) electrons. The summed E-state index contributed by atoms with van der Waals surface area (Å²) in [4.78, 5) is 18.4. The van der Waals surface area contributed by atoms with Gasteiger partial charge in [0.25, 0.3) is 0 Å². The zero-order chi connectivity index (χ0) is 24.6. The maximum absolute atomic E-state index is 14.7. The molecular formula is C24H29F2N5O3. The molecular weight excluding hydrogens is 444 g/mol. The fourth-order valence-electron chi connectivity index (χ4n) is 4.46. The zero-order valence-electron chi connectivity index (χ0n) is 19.5. The first-order chi connectivity index (χ1) is 16.1. The van der Waals surface area contributed by atoms with Gasteiger partial charge in [-0.15, -0.1) is 0 Å². The van der Waals surface area contributed by atoms with Crippen LogP contribution in [-0.2, 0) is 18.0 Å². The summed E-state index contributed by atoms with van der Waals surface area (Å²) in [6.07, 6.45) is 2.55. The summed E-state index contributed by atoms with van der Waals surface area (Å²) in [5.41, 5.74) is 7.82. The van der Waals surface area contributed by atoms with Gasteiger partial charge in [0.05, 0.1) is 6.61 Å². The average Bonchev–Trinajstić information content (AvgIpc) is 3.18. The third kappa shape index (κ3) is 4.54. The van der Waals surface area contributed by atoms with Crippen molar-refractivity contribution in [3.63, 3.8) is 0 Å². The molecule has 182 valence electrons. The van der Waals surface area contributed by atoms with Crippen molar-refractivity contribution in [2.75, 3.05) is 18.8 Å². The van der Waals surface area contributed by atoms with E-state index in [4.69, 9.17) is 10.5 Å². The monoisotopic (exact) mass is 473 g/mol. The fourth-order valence-corrected chi connectivity index (χ4v) is 4.46. The van der Waals surface area contributed by atoms with Gasteiger partial charge in [-0.1, -0.05) is 0 Å². The number of benzene rings is 1. The minimum absolute atomic E-state index is 0.0699. The third-order valence-electron chi connectivity index (χ3n) is 6.00. The summed E-state index contributed by atoms with van der Waals surface area (Å²) in [6.45, 7) is 4.98. The number of anilines is 1. The maximum atomic E-state index is 14.7. The number of carbonyl (C=O) groups excluding carboxylic acids is 1. The molecule has 0 aliphatic carbocycles. The van der Waals surface area contributed by atoms with E-state index in [1.54, 1.807) is 9.42 Å². The first-order valence-electron chi connectivity index (χ1n) is 11.2. The van der Waals surface area contributed by atoms with Gasteiger partial charge in [-0.3, -0.25) is 0 Å². The Morgan fingerprint density at radius 3 is 2.76 bits per heavy atom. The molecule has 3 N–H and O–H groups in total. The molecule has 0 saturated carbocycles. The van der Waals surface area contributed by atoms with Crippen molar-refractivity contribution in [2.45, 2.75) is 58.4 Å². The molecule has 34 heavy (non-hydrogen) atoms. The number of amides is 1. The zero-order valence-corrected chi connectivity index (χ0v) is 19.5. The van der Waals surface area contributed by atoms with E-state index < -0.39 is 24.7 Å². The highest BCUT2D eigenvalue weighted by atomic mass is 19.1. The lowest BCUT2D eigenvalue weighted by Crippen LogP contribution is -2.42. The van der Waals surface area contributed by atoms with Gasteiger partial charge in [-0.25, -0.2) is 23.1 Å². The molecule has 1 saturated heterocycles. The standard InChI is InChI=1S/C24H29F2N5O3/c1-24(2,3)34-23(33)30-6-4-5-14(11-30)20-9-17(21-22(27)28-13-29-31(20)21)15-7-16(10-25)18(12-32)19(26)8-15/h7-9,13-14,32H,4-6,10-12H2,1-3H3,(H2,27,28,29). The summed E-state index contributed by atoms with van der Waals surface area (Å²) in [6, 6.07) is 4.61. The van der Waals surface area contributed by atoms with Crippen molar-refractivity contribution in [2.24, 2.45) is 0 Å². The molecule has 1 aliphatic rings. The summed E-state index contributed by atoms with van der Waals surface area (Å²) in [5, 5.41) is 13.8. The number of likely N-dealkylation sites (tertiary alicyclic amines) is 1. The van der Waals surface area contributed by atoms with Gasteiger partial charge < -0.3 is 20.5 Å². The van der Waals surface area contributed by atoms with Crippen LogP contribution >= 0.6 is 0 Å². The van der Waals surface area contributed by atoms with E-state index in [1.807, 2.05) is 26.8 Å². The second kappa shape index (κ2) is 9.17. The number of fused-ring (bicyclic) bond motifs is 1. The number of aliphatic hydroxyl groups excluding tert-OH is 1. The topological polar surface area (TPSA) is 106 Å². The molecule has 1 aromatic carbocycles. The summed E-state index contributed by atoms with van der Waals surface area (Å²) in [7, 11) is 0. The number of hydrogen-bond donors (Lipinski definition) is 2. The maximum Gasteiger partial charge on any atom is 0.410 e. The van der Waals surface area contributed by atoms with Crippen LogP contribution in [0.3, 0.4) is 0 Å². The summed E-state index contributed by atoms with van der Waals surface area (Å²) < 4.78 is 35.5. The Morgan fingerprint density at radius 1 is 1.32 bits per heavy atom. The Balaban J connectivity index is 1.77. The van der Waals surface area contributed by atoms with E-state index in [0.717, 1.165) is 18.5 Å². The first-order valence-corrected chi connectivity index (χ1v) is 11.2. The minimum Gasteiger partial charge on any atom is -0.444 e. The summed E-state index contributed by atoms with van der Waals surface area (Å²) >= 11 is 0. The van der Waals surface area contributed by atoms with Gasteiger partial charge in [-0.2, -0.15) is 5.10 Å². The molecule has 1 unspecified atom stereocenters. The van der Waals surface area contributed by atoms with Crippen LogP contribution in [0.4, 0.5) is 19.4 Å². The average molecular weight is 474 g/mol. The SMILES string of the molecule is CC(C)(C)OC(=O)N1CCCC(c2cc(-c3cc(F)c(CO)c(CF)c3)c3c(N)ncnn23)C1. The van der Waals surface area contributed by atoms with E-state index in [2.05, 4.69) is 10.1 Å². The number of carbonyl (C=O) groups is 1. The quantitative estimate of drug-likeness (QED) is 0.589. The van der Waals surface area contributed by atoms with Crippen molar-refractivity contribution in [1.82, 2.24) is 19.5 Å². The van der Waals surface area contributed by atoms with Gasteiger partial charge in [0, 0.05) is 35.8 Å². The second-order valence-electron chi connectivity index (χ2n) is 9.54. The number of nitrogens with zero attached hydrogens (tertiary/aromatic N) is 4. The lowest BCUT2D eigenvalue weighted by molar-refractivity contribution is 0.0196. The van der Waals surface area contributed by atoms with Crippen LogP contribution < -0.4 is 5.73 Å². The van der Waals surface area contributed by atoms with E-state index in [0.29, 0.717) is 29.7 Å². The first kappa shape index (κ1) is 23.9. The lowest BCUT2D eigenvalue weighted by Gasteiger charge is -2.34. The van der Waals surface area contributed by atoms with Crippen LogP contribution in [0, 0.1) is 5.82 Å². The number of rotatable bonds is 4. The molecule has 0 bridgehead atoms. The lowest BCUT2D eigenvalue weighted by atomic mass is 9.94. The van der Waals surface area contributed by atoms with Gasteiger partial charge in [-0.05, 0) is 62.9 Å². The number of alkyl halides is 1. The minimum atomic E-state index is -0.918. The van der Waals surface area contributed by atoms with E-state index in [1.165, 1.54) is 18.5 Å². The van der Waals surface area contributed by atoms with Crippen molar-refractivity contribution in [3.05, 3.63) is 47.2 Å². The normalized spacial score (nSPS) is 16.8. The van der Waals surface area contributed by atoms with Gasteiger partial charge in [0.1, 0.15) is 29.9 Å². The molecule has 3 aromatic rings. The van der Waals surface area contributed by atoms with Gasteiger partial charge >= 0.3 is 6.09 Å². The van der Waals surface area contributed by atoms with Crippen molar-refractivity contribution in [1.29, 1.82) is 0 Å². The predicted molar refractivity (Wildman–Crippen MR) is 123 cm³/mol. The van der Waals surface area contributed by atoms with Crippen molar-refractivity contribution < 1.29 is 23.4 Å². The second-order valence-corrected chi connectivity index (χ2v) is 9.54. The van der Waals surface area contributed by atoms with Crippen LogP contribution in [0.5, 0.6) is 0 Å². The Labute approximate surface area is 196 Å². The van der Waals surface area contributed by atoms with Crippen molar-refractivity contribution >= 4 is 17.4 Å². The highest BCUT2D eigenvalue weighted by Crippen LogP contribution is 2.37. The number of piperidine rings is 1. The number of halogens is 2. The Morgan fingerprint density at radius 2 is 2.09 bits per heavy atom. The van der Waals surface area contributed by atoms with Crippen LogP contribution in [0.25, 0.3) is 16.6 Å². The Kier molecular flexibility index (Phi) is 6.44. The molecule has 4 rings (SSSR count). The third-order valence-corrected chi connectivity index (χ3v) is 6.00. The molecule has 1 amide bonds. The van der Waals surface area contributed by atoms with Crippen LogP contribution in [-0.4, -0.2) is 49.4 Å². The smallest absolute Gasteiger partial charge is 0.410 e. The van der Waals surface area contributed by atoms with Crippen LogP contribution in [0.1, 0.15) is 56.4 Å². The van der Waals surface area contributed by atoms with Gasteiger partial charge in [0.2, 0.25) is 0 Å². The highest BCUT2D eigenvalue weighted by Gasteiger charge is 2.31. The molecule has 2 aromatic heterocycles. The largest absolute Gasteiger partial charge is 0.444 e. The van der Waals surface area contributed by atoms with Crippen molar-refractivity contribution in [3.8, 4) is 11.1 Å². The molecule has 1 aliphatic heterocycles. The molecule has 1 fully saturated rings. The van der Waals surface area contributed by atoms with E-state index in [-0.39, 0.29) is 29.0 Å². The number of ether oxygens (including phenoxy) is 1. The number of aliphatic hydroxyl groups is 1. The number of nitrogens with two attached hydrogens (primary N) is 1. The van der Waals surface area contributed by atoms with Crippen LogP contribution in [0.2, 0.25) is 0 Å². The fraction of sp³-hybridized carbons (Fsp3) is 0.458. The van der Waals surface area contributed by atoms with E-state index >= 15 is 0 Å². The van der Waals surface area contributed by atoms with E-state index in [9.17, 15) is 18.7 Å². The van der Waals surface area contributed by atoms with Gasteiger partial charge in [0.15, 0.2) is 5.82 Å². The number of hydrogen-bond acceptors (Lipinski definition) is 6. The summed E-state index contributed by atoms with van der Waals surface area (Å²) in [5.74, 6) is -0.568. The molecule has 1 atom stereocenters. The predicted octanol–water partition coefficient (Wildman–Crippen LogP) is 4.19. The van der Waals surface area contributed by atoms with Crippen LogP contribution in [0.15, 0.2) is 24.5 Å². The molecule has 10 heteroatoms. The molecule has 8 nitrogen and oxygen atoms in total. The number of nitrogen functional groups attached to an aromatic ring is 1. The highest BCUT2D eigenvalue weighted by molar-refractivity contribution is 5.88. The Hall–Kier alpha value is -3.27. The molecule has 0 spiro atoms.